The van der Waals surface area contributed by atoms with E-state index in [0.717, 1.165) is 11.1 Å². The molecule has 5 nitrogen and oxygen atoms in total. The summed E-state index contributed by atoms with van der Waals surface area (Å²) in [5, 5.41) is 0. The fourth-order valence-electron chi connectivity index (χ4n) is 2.91. The van der Waals surface area contributed by atoms with E-state index in [0.29, 0.717) is 29.4 Å². The summed E-state index contributed by atoms with van der Waals surface area (Å²) in [7, 11) is 4.79. The molecule has 0 spiro atoms. The molecule has 0 aliphatic heterocycles. The highest BCUT2D eigenvalue weighted by Gasteiger charge is 2.24. The molecule has 0 radical (unpaired) electrons. The molecule has 0 aromatic heterocycles. The Bertz CT molecular complexity index is 771. The van der Waals surface area contributed by atoms with Crippen molar-refractivity contribution in [3.8, 4) is 17.2 Å². The molecule has 1 unspecified atom stereocenters. The maximum Gasteiger partial charge on any atom is 0.333 e. The van der Waals surface area contributed by atoms with E-state index in [-0.39, 0.29) is 11.9 Å². The van der Waals surface area contributed by atoms with Crippen LogP contribution in [0.2, 0.25) is 0 Å². The van der Waals surface area contributed by atoms with E-state index in [1.54, 1.807) is 47.3 Å². The van der Waals surface area contributed by atoms with Crippen LogP contribution in [0, 0.1) is 0 Å². The molecule has 2 aromatic rings. The van der Waals surface area contributed by atoms with Crippen molar-refractivity contribution in [3.05, 3.63) is 65.2 Å². The Morgan fingerprint density at radius 1 is 1.00 bits per heavy atom. The third-order valence-corrected chi connectivity index (χ3v) is 4.24. The van der Waals surface area contributed by atoms with Crippen molar-refractivity contribution in [2.24, 2.45) is 0 Å². The zero-order chi connectivity index (χ0) is 19.8. The lowest BCUT2D eigenvalue weighted by atomic mass is 9.88. The van der Waals surface area contributed by atoms with Gasteiger partial charge in [-0.05, 0) is 19.4 Å². The van der Waals surface area contributed by atoms with Gasteiger partial charge in [-0.2, -0.15) is 0 Å². The largest absolute Gasteiger partial charge is 0.496 e. The molecule has 144 valence electrons. The van der Waals surface area contributed by atoms with Crippen molar-refractivity contribution in [1.82, 2.24) is 0 Å². The second-order valence-electron chi connectivity index (χ2n) is 5.90. The predicted molar refractivity (Wildman–Crippen MR) is 105 cm³/mol. The van der Waals surface area contributed by atoms with Crippen LogP contribution in [0.1, 0.15) is 30.9 Å². The number of allylic oxidation sites excluding steroid dienone is 1. The summed E-state index contributed by atoms with van der Waals surface area (Å²) in [5.74, 6) is 1.27. The van der Waals surface area contributed by atoms with Gasteiger partial charge in [0, 0.05) is 29.2 Å². The Balaban J connectivity index is 2.68. The molecular formula is C22H26O5. The van der Waals surface area contributed by atoms with Gasteiger partial charge in [-0.3, -0.25) is 0 Å². The molecule has 0 saturated heterocycles. The van der Waals surface area contributed by atoms with Gasteiger partial charge in [0.05, 0.1) is 27.9 Å². The third-order valence-electron chi connectivity index (χ3n) is 4.24. The highest BCUT2D eigenvalue weighted by Crippen LogP contribution is 2.42. The Labute approximate surface area is 160 Å². The topological polar surface area (TPSA) is 54.0 Å². The second-order valence-corrected chi connectivity index (χ2v) is 5.90. The standard InChI is InChI=1S/C22H26O5/c1-6-27-22(23)15(2)12-18(16-10-8-7-9-11-16)21-19(25-4)13-17(24-3)14-20(21)26-5/h7-14,18H,6H2,1-5H3/b15-12+. The van der Waals surface area contributed by atoms with Gasteiger partial charge >= 0.3 is 5.97 Å². The summed E-state index contributed by atoms with van der Waals surface area (Å²) < 4.78 is 21.7. The number of rotatable bonds is 8. The van der Waals surface area contributed by atoms with Gasteiger partial charge in [-0.15, -0.1) is 0 Å². The summed E-state index contributed by atoms with van der Waals surface area (Å²) in [6.45, 7) is 3.86. The van der Waals surface area contributed by atoms with Gasteiger partial charge in [-0.25, -0.2) is 4.79 Å². The number of carbonyl (C=O) groups excluding carboxylic acids is 1. The minimum absolute atomic E-state index is 0.258. The van der Waals surface area contributed by atoms with Crippen molar-refractivity contribution in [2.45, 2.75) is 19.8 Å². The van der Waals surface area contributed by atoms with Crippen molar-refractivity contribution in [1.29, 1.82) is 0 Å². The molecule has 1 atom stereocenters. The number of carbonyl (C=O) groups is 1. The fourth-order valence-corrected chi connectivity index (χ4v) is 2.91. The van der Waals surface area contributed by atoms with E-state index in [9.17, 15) is 4.79 Å². The Morgan fingerprint density at radius 2 is 1.59 bits per heavy atom. The SMILES string of the molecule is CCOC(=O)/C(C)=C/C(c1ccccc1)c1c(OC)cc(OC)cc1OC. The Kier molecular flexibility index (Phi) is 7.29. The lowest BCUT2D eigenvalue weighted by Gasteiger charge is -2.22. The fraction of sp³-hybridized carbons (Fsp3) is 0.318. The molecule has 0 fully saturated rings. The zero-order valence-electron chi connectivity index (χ0n) is 16.4. The quantitative estimate of drug-likeness (QED) is 0.511. The maximum absolute atomic E-state index is 12.2. The van der Waals surface area contributed by atoms with Crippen LogP contribution < -0.4 is 14.2 Å². The van der Waals surface area contributed by atoms with E-state index in [1.165, 1.54) is 0 Å². The third kappa shape index (κ3) is 4.82. The smallest absolute Gasteiger partial charge is 0.333 e. The molecule has 27 heavy (non-hydrogen) atoms. The maximum atomic E-state index is 12.2. The first kappa shape index (κ1) is 20.4. The van der Waals surface area contributed by atoms with Crippen LogP contribution in [0.15, 0.2) is 54.1 Å². The summed E-state index contributed by atoms with van der Waals surface area (Å²) in [5.41, 5.74) is 2.34. The highest BCUT2D eigenvalue weighted by molar-refractivity contribution is 5.88. The molecule has 2 aromatic carbocycles. The minimum Gasteiger partial charge on any atom is -0.496 e. The summed E-state index contributed by atoms with van der Waals surface area (Å²) in [6, 6.07) is 13.5. The van der Waals surface area contributed by atoms with E-state index >= 15 is 0 Å². The van der Waals surface area contributed by atoms with Crippen LogP contribution in [-0.4, -0.2) is 33.9 Å². The monoisotopic (exact) mass is 370 g/mol. The van der Waals surface area contributed by atoms with E-state index in [4.69, 9.17) is 18.9 Å². The molecule has 0 aliphatic carbocycles. The average Bonchev–Trinajstić information content (AvgIpc) is 2.71. The normalized spacial score (nSPS) is 12.3. The molecular weight excluding hydrogens is 344 g/mol. The Morgan fingerprint density at radius 3 is 2.07 bits per heavy atom. The van der Waals surface area contributed by atoms with Crippen molar-refractivity contribution < 1.29 is 23.7 Å². The van der Waals surface area contributed by atoms with Gasteiger partial charge < -0.3 is 18.9 Å². The zero-order valence-corrected chi connectivity index (χ0v) is 16.4. The van der Waals surface area contributed by atoms with Crippen molar-refractivity contribution >= 4 is 5.97 Å². The predicted octanol–water partition coefficient (Wildman–Crippen LogP) is 4.35. The van der Waals surface area contributed by atoms with Crippen LogP contribution in [-0.2, 0) is 9.53 Å². The first-order valence-electron chi connectivity index (χ1n) is 8.76. The van der Waals surface area contributed by atoms with E-state index in [2.05, 4.69) is 0 Å². The Hall–Kier alpha value is -2.95. The van der Waals surface area contributed by atoms with E-state index in [1.807, 2.05) is 36.4 Å². The number of esters is 1. The number of methoxy groups -OCH3 is 3. The van der Waals surface area contributed by atoms with Crippen LogP contribution >= 0.6 is 0 Å². The van der Waals surface area contributed by atoms with Crippen LogP contribution in [0.3, 0.4) is 0 Å². The molecule has 0 heterocycles. The number of ether oxygens (including phenoxy) is 4. The van der Waals surface area contributed by atoms with Gasteiger partial charge in [0.25, 0.3) is 0 Å². The lowest BCUT2D eigenvalue weighted by Crippen LogP contribution is -2.09. The van der Waals surface area contributed by atoms with Gasteiger partial charge in [0.1, 0.15) is 17.2 Å². The molecule has 0 bridgehead atoms. The van der Waals surface area contributed by atoms with Crippen molar-refractivity contribution in [3.63, 3.8) is 0 Å². The summed E-state index contributed by atoms with van der Waals surface area (Å²) in [6.07, 6.45) is 1.88. The molecule has 2 rings (SSSR count). The molecule has 0 saturated carbocycles. The molecule has 5 heteroatoms. The molecule has 0 amide bonds. The van der Waals surface area contributed by atoms with Crippen LogP contribution in [0.5, 0.6) is 17.2 Å². The summed E-state index contributed by atoms with van der Waals surface area (Å²) >= 11 is 0. The van der Waals surface area contributed by atoms with Gasteiger partial charge in [-0.1, -0.05) is 36.4 Å². The van der Waals surface area contributed by atoms with Gasteiger partial charge in [0.15, 0.2) is 0 Å². The molecule has 0 N–H and O–H groups in total. The van der Waals surface area contributed by atoms with Crippen LogP contribution in [0.25, 0.3) is 0 Å². The van der Waals surface area contributed by atoms with Gasteiger partial charge in [0.2, 0.25) is 0 Å². The minimum atomic E-state index is -0.343. The van der Waals surface area contributed by atoms with Crippen molar-refractivity contribution in [2.75, 3.05) is 27.9 Å². The lowest BCUT2D eigenvalue weighted by molar-refractivity contribution is -0.138. The summed E-state index contributed by atoms with van der Waals surface area (Å²) in [4.78, 5) is 12.2. The highest BCUT2D eigenvalue weighted by atomic mass is 16.5. The first-order valence-corrected chi connectivity index (χ1v) is 8.76. The average molecular weight is 370 g/mol. The number of hydrogen-bond acceptors (Lipinski definition) is 5. The number of hydrogen-bond donors (Lipinski definition) is 0. The number of benzene rings is 2. The van der Waals surface area contributed by atoms with E-state index < -0.39 is 0 Å². The van der Waals surface area contributed by atoms with Crippen LogP contribution in [0.4, 0.5) is 0 Å². The second kappa shape index (κ2) is 9.67. The first-order chi connectivity index (χ1) is 13.0. The molecule has 0 aliphatic rings.